The first-order valence-electron chi connectivity index (χ1n) is 10.0. The number of carbonyl (C=O) groups excluding carboxylic acids is 2. The molecule has 3 N–H and O–H groups in total. The van der Waals surface area contributed by atoms with Crippen LogP contribution in [0.2, 0.25) is 5.15 Å². The molecule has 1 amide bonds. The summed E-state index contributed by atoms with van der Waals surface area (Å²) in [6.07, 6.45) is 0.737. The first-order chi connectivity index (χ1) is 15.3. The van der Waals surface area contributed by atoms with E-state index in [2.05, 4.69) is 20.3 Å². The van der Waals surface area contributed by atoms with E-state index < -0.39 is 18.0 Å². The predicted octanol–water partition coefficient (Wildman–Crippen LogP) is 1.98. The summed E-state index contributed by atoms with van der Waals surface area (Å²) in [4.78, 5) is 49.1. The van der Waals surface area contributed by atoms with Crippen molar-refractivity contribution in [2.24, 2.45) is 0 Å². The largest absolute Gasteiger partial charge is 0.476 e. The van der Waals surface area contributed by atoms with Gasteiger partial charge in [-0.25, -0.2) is 19.6 Å². The SMILES string of the molecule is CCOC(=O)c1sc(N2CC[C@@H](NC(=O)c3nc(Cl)c(CC)[nH]3)[C@@H](OC)C2)nc1C(=O)O. The quantitative estimate of drug-likeness (QED) is 0.477. The van der Waals surface area contributed by atoms with Gasteiger partial charge in [0.1, 0.15) is 4.88 Å². The number of carboxylic acids is 1. The standard InChI is InChI=1S/C19H24ClN5O6S/c1-4-9-14(20)24-15(21-9)16(26)22-10-6-7-25(8-11(10)30-3)19-23-12(17(27)28)13(32-19)18(29)31-5-2/h10-11H,4-8H2,1-3H3,(H,21,24)(H,22,26)(H,27,28)/t10-,11+/m1/s1. The molecule has 1 aliphatic heterocycles. The molecule has 11 nitrogen and oxygen atoms in total. The van der Waals surface area contributed by atoms with E-state index in [4.69, 9.17) is 21.1 Å². The molecular formula is C19H24ClN5O6S. The highest BCUT2D eigenvalue weighted by molar-refractivity contribution is 7.17. The zero-order valence-electron chi connectivity index (χ0n) is 17.8. The van der Waals surface area contributed by atoms with Crippen molar-refractivity contribution in [2.75, 3.05) is 31.7 Å². The summed E-state index contributed by atoms with van der Waals surface area (Å²) in [5, 5.41) is 13.0. The molecule has 174 valence electrons. The molecule has 0 aliphatic carbocycles. The number of esters is 1. The zero-order valence-corrected chi connectivity index (χ0v) is 19.4. The van der Waals surface area contributed by atoms with Crippen LogP contribution < -0.4 is 10.2 Å². The highest BCUT2D eigenvalue weighted by Gasteiger charge is 2.34. The van der Waals surface area contributed by atoms with Gasteiger partial charge in [0.15, 0.2) is 21.8 Å². The van der Waals surface area contributed by atoms with Gasteiger partial charge >= 0.3 is 11.9 Å². The van der Waals surface area contributed by atoms with Crippen LogP contribution >= 0.6 is 22.9 Å². The van der Waals surface area contributed by atoms with Gasteiger partial charge in [-0.15, -0.1) is 0 Å². The summed E-state index contributed by atoms with van der Waals surface area (Å²) in [5.74, 6) is -2.28. The lowest BCUT2D eigenvalue weighted by Crippen LogP contribution is -2.55. The molecule has 1 aliphatic rings. The minimum atomic E-state index is -1.30. The Bertz CT molecular complexity index is 1010. The van der Waals surface area contributed by atoms with E-state index in [1.807, 2.05) is 11.8 Å². The van der Waals surface area contributed by atoms with Gasteiger partial charge < -0.3 is 29.8 Å². The molecule has 3 rings (SSSR count). The second-order valence-corrected chi connectivity index (χ2v) is 8.33. The number of nitrogens with one attached hydrogen (secondary N) is 2. The van der Waals surface area contributed by atoms with Crippen LogP contribution in [0, 0.1) is 0 Å². The van der Waals surface area contributed by atoms with Crippen LogP contribution in [0.15, 0.2) is 0 Å². The Morgan fingerprint density at radius 2 is 2.09 bits per heavy atom. The summed E-state index contributed by atoms with van der Waals surface area (Å²) >= 11 is 6.98. The van der Waals surface area contributed by atoms with Crippen molar-refractivity contribution in [3.63, 3.8) is 0 Å². The first kappa shape index (κ1) is 24.0. The molecule has 2 aromatic rings. The van der Waals surface area contributed by atoms with Crippen molar-refractivity contribution in [1.82, 2.24) is 20.3 Å². The van der Waals surface area contributed by atoms with E-state index in [1.165, 1.54) is 7.11 Å². The molecule has 0 aromatic carbocycles. The number of carbonyl (C=O) groups is 3. The lowest BCUT2D eigenvalue weighted by atomic mass is 10.0. The van der Waals surface area contributed by atoms with Gasteiger partial charge in [-0.05, 0) is 19.8 Å². The molecule has 0 spiro atoms. The van der Waals surface area contributed by atoms with Crippen LogP contribution in [-0.4, -0.2) is 76.9 Å². The highest BCUT2D eigenvalue weighted by Crippen LogP contribution is 2.30. The van der Waals surface area contributed by atoms with Gasteiger partial charge in [0, 0.05) is 20.2 Å². The Morgan fingerprint density at radius 1 is 1.34 bits per heavy atom. The van der Waals surface area contributed by atoms with Crippen molar-refractivity contribution < 1.29 is 29.0 Å². The lowest BCUT2D eigenvalue weighted by Gasteiger charge is -2.37. The number of anilines is 1. The Labute approximate surface area is 193 Å². The number of imidazole rings is 1. The highest BCUT2D eigenvalue weighted by atomic mass is 35.5. The third-order valence-corrected chi connectivity index (χ3v) is 6.43. The second-order valence-electron chi connectivity index (χ2n) is 7.00. The second kappa shape index (κ2) is 10.3. The number of amides is 1. The van der Waals surface area contributed by atoms with Crippen molar-refractivity contribution in [3.8, 4) is 0 Å². The average molecular weight is 486 g/mol. The van der Waals surface area contributed by atoms with E-state index in [0.29, 0.717) is 36.8 Å². The number of aromatic carboxylic acids is 1. The minimum absolute atomic E-state index is 0.0554. The fourth-order valence-corrected chi connectivity index (χ4v) is 4.64. The molecule has 0 unspecified atom stereocenters. The number of ether oxygens (including phenoxy) is 2. The molecule has 1 saturated heterocycles. The molecular weight excluding hydrogens is 462 g/mol. The molecule has 13 heteroatoms. The molecule has 32 heavy (non-hydrogen) atoms. The van der Waals surface area contributed by atoms with Crippen molar-refractivity contribution in [3.05, 3.63) is 27.2 Å². The normalized spacial score (nSPS) is 18.4. The number of aromatic amines is 1. The number of hydrogen-bond donors (Lipinski definition) is 3. The topological polar surface area (TPSA) is 147 Å². The number of carboxylic acid groups (broad SMARTS) is 1. The van der Waals surface area contributed by atoms with Gasteiger partial charge in [-0.1, -0.05) is 29.9 Å². The number of halogens is 1. The van der Waals surface area contributed by atoms with E-state index in [0.717, 1.165) is 11.3 Å². The van der Waals surface area contributed by atoms with Gasteiger partial charge in [-0.2, -0.15) is 0 Å². The van der Waals surface area contributed by atoms with E-state index >= 15 is 0 Å². The summed E-state index contributed by atoms with van der Waals surface area (Å²) in [6, 6.07) is -0.305. The molecule has 1 fully saturated rings. The maximum absolute atomic E-state index is 12.6. The summed E-state index contributed by atoms with van der Waals surface area (Å²) in [7, 11) is 1.53. The third-order valence-electron chi connectivity index (χ3n) is 5.03. The molecule has 3 heterocycles. The predicted molar refractivity (Wildman–Crippen MR) is 117 cm³/mol. The number of hydrogen-bond acceptors (Lipinski definition) is 9. The molecule has 2 aromatic heterocycles. The first-order valence-corrected chi connectivity index (χ1v) is 11.2. The van der Waals surface area contributed by atoms with Gasteiger partial charge in [-0.3, -0.25) is 4.79 Å². The number of rotatable bonds is 8. The van der Waals surface area contributed by atoms with Gasteiger partial charge in [0.05, 0.1) is 24.4 Å². The fraction of sp³-hybridized carbons (Fsp3) is 0.526. The maximum Gasteiger partial charge on any atom is 0.356 e. The Hall–Kier alpha value is -2.70. The lowest BCUT2D eigenvalue weighted by molar-refractivity contribution is 0.0519. The number of H-pyrrole nitrogens is 1. The average Bonchev–Trinajstić information content (AvgIpc) is 3.38. The summed E-state index contributed by atoms with van der Waals surface area (Å²) in [5.41, 5.74) is 0.347. The summed E-state index contributed by atoms with van der Waals surface area (Å²) in [6.45, 7) is 4.48. The van der Waals surface area contributed by atoms with Crippen LogP contribution in [0.5, 0.6) is 0 Å². The Morgan fingerprint density at radius 3 is 2.69 bits per heavy atom. The van der Waals surface area contributed by atoms with E-state index in [-0.39, 0.29) is 40.1 Å². The van der Waals surface area contributed by atoms with Crippen LogP contribution in [0.1, 0.15) is 56.7 Å². The number of methoxy groups -OCH3 is 1. The van der Waals surface area contributed by atoms with E-state index in [1.54, 1.807) is 6.92 Å². The van der Waals surface area contributed by atoms with Crippen molar-refractivity contribution in [1.29, 1.82) is 0 Å². The number of piperidine rings is 1. The van der Waals surface area contributed by atoms with Crippen molar-refractivity contribution in [2.45, 2.75) is 38.8 Å². The molecule has 0 bridgehead atoms. The van der Waals surface area contributed by atoms with Crippen molar-refractivity contribution >= 4 is 45.9 Å². The maximum atomic E-state index is 12.6. The Balaban J connectivity index is 1.72. The smallest absolute Gasteiger partial charge is 0.356 e. The van der Waals surface area contributed by atoms with E-state index in [9.17, 15) is 19.5 Å². The van der Waals surface area contributed by atoms with Crippen LogP contribution in [0.4, 0.5) is 5.13 Å². The Kier molecular flexibility index (Phi) is 7.69. The number of nitrogens with zero attached hydrogens (tertiary/aromatic N) is 3. The van der Waals surface area contributed by atoms with Gasteiger partial charge in [0.2, 0.25) is 0 Å². The zero-order chi connectivity index (χ0) is 23.4. The van der Waals surface area contributed by atoms with Gasteiger partial charge in [0.25, 0.3) is 5.91 Å². The molecule has 0 saturated carbocycles. The number of aryl methyl sites for hydroxylation is 1. The molecule has 2 atom stereocenters. The van der Waals surface area contributed by atoms with Crippen LogP contribution in [-0.2, 0) is 15.9 Å². The fourth-order valence-electron chi connectivity index (χ4n) is 3.38. The molecule has 0 radical (unpaired) electrons. The third kappa shape index (κ3) is 5.03. The number of thiazole rings is 1. The van der Waals surface area contributed by atoms with Crippen LogP contribution in [0.3, 0.4) is 0 Å². The van der Waals surface area contributed by atoms with Crippen LogP contribution in [0.25, 0.3) is 0 Å². The summed E-state index contributed by atoms with van der Waals surface area (Å²) < 4.78 is 10.5. The number of aromatic nitrogens is 3. The minimum Gasteiger partial charge on any atom is -0.476 e. The monoisotopic (exact) mass is 485 g/mol.